The van der Waals surface area contributed by atoms with Gasteiger partial charge in [0.05, 0.1) is 12.7 Å². The van der Waals surface area contributed by atoms with E-state index in [9.17, 15) is 4.79 Å². The summed E-state index contributed by atoms with van der Waals surface area (Å²) in [5, 5.41) is 7.65. The van der Waals surface area contributed by atoms with Gasteiger partial charge in [-0.25, -0.2) is 0 Å². The number of nitrogens with zero attached hydrogens (tertiary/aromatic N) is 5. The monoisotopic (exact) mass is 320 g/mol. The molecule has 7 nitrogen and oxygen atoms in total. The van der Waals surface area contributed by atoms with Gasteiger partial charge in [-0.15, -0.1) is 0 Å². The van der Waals surface area contributed by atoms with E-state index in [2.05, 4.69) is 20.3 Å². The third-order valence-corrected chi connectivity index (χ3v) is 3.98. The van der Waals surface area contributed by atoms with Gasteiger partial charge in [-0.2, -0.15) is 5.10 Å². The summed E-state index contributed by atoms with van der Waals surface area (Å²) >= 11 is 0. The number of hydrogen-bond acceptors (Lipinski definition) is 3. The molecule has 1 aromatic rings. The van der Waals surface area contributed by atoms with E-state index >= 15 is 0 Å². The SMILES string of the molecule is CN=C(NCCn1cc(C)cn1)N1CCN(C(=O)C(C)C)CC1. The Morgan fingerprint density at radius 3 is 2.48 bits per heavy atom. The number of aliphatic imine (C=N–C) groups is 1. The molecule has 1 saturated heterocycles. The predicted molar refractivity (Wildman–Crippen MR) is 91.3 cm³/mol. The van der Waals surface area contributed by atoms with E-state index in [0.717, 1.165) is 45.2 Å². The van der Waals surface area contributed by atoms with Gasteiger partial charge >= 0.3 is 0 Å². The number of piperazine rings is 1. The lowest BCUT2D eigenvalue weighted by atomic mass is 10.1. The molecule has 0 radical (unpaired) electrons. The number of carbonyl (C=O) groups is 1. The molecule has 0 unspecified atom stereocenters. The Labute approximate surface area is 138 Å². The van der Waals surface area contributed by atoms with E-state index in [1.807, 2.05) is 42.7 Å². The van der Waals surface area contributed by atoms with Crippen molar-refractivity contribution in [2.45, 2.75) is 27.3 Å². The maximum absolute atomic E-state index is 12.0. The van der Waals surface area contributed by atoms with Crippen LogP contribution in [0.5, 0.6) is 0 Å². The fourth-order valence-corrected chi connectivity index (χ4v) is 2.71. The van der Waals surface area contributed by atoms with Crippen LogP contribution in [0.2, 0.25) is 0 Å². The van der Waals surface area contributed by atoms with Crippen molar-refractivity contribution in [1.29, 1.82) is 0 Å². The number of aryl methyl sites for hydroxylation is 1. The van der Waals surface area contributed by atoms with Crippen molar-refractivity contribution in [3.8, 4) is 0 Å². The van der Waals surface area contributed by atoms with Crippen LogP contribution in [0.15, 0.2) is 17.4 Å². The highest BCUT2D eigenvalue weighted by atomic mass is 16.2. The van der Waals surface area contributed by atoms with Crippen LogP contribution in [0.4, 0.5) is 0 Å². The second-order valence-electron chi connectivity index (χ2n) is 6.22. The van der Waals surface area contributed by atoms with Gasteiger partial charge in [0.25, 0.3) is 0 Å². The molecule has 128 valence electrons. The Bertz CT molecular complexity index is 543. The molecule has 7 heteroatoms. The molecule has 23 heavy (non-hydrogen) atoms. The van der Waals surface area contributed by atoms with E-state index in [-0.39, 0.29) is 11.8 Å². The van der Waals surface area contributed by atoms with Gasteiger partial charge in [-0.3, -0.25) is 14.5 Å². The van der Waals surface area contributed by atoms with Crippen LogP contribution >= 0.6 is 0 Å². The average Bonchev–Trinajstić information content (AvgIpc) is 2.96. The van der Waals surface area contributed by atoms with Crippen LogP contribution in [0.3, 0.4) is 0 Å². The van der Waals surface area contributed by atoms with Crippen LogP contribution in [0.25, 0.3) is 0 Å². The lowest BCUT2D eigenvalue weighted by Crippen LogP contribution is -2.54. The Kier molecular flexibility index (Phi) is 6.01. The molecule has 1 aliphatic rings. The van der Waals surface area contributed by atoms with E-state index in [1.165, 1.54) is 5.56 Å². The number of amides is 1. The Hall–Kier alpha value is -2.05. The Morgan fingerprint density at radius 1 is 1.30 bits per heavy atom. The van der Waals surface area contributed by atoms with Crippen molar-refractivity contribution >= 4 is 11.9 Å². The van der Waals surface area contributed by atoms with Gasteiger partial charge in [0.15, 0.2) is 5.96 Å². The minimum absolute atomic E-state index is 0.0662. The van der Waals surface area contributed by atoms with Crippen molar-refractivity contribution in [2.75, 3.05) is 39.8 Å². The van der Waals surface area contributed by atoms with Gasteiger partial charge in [-0.1, -0.05) is 13.8 Å². The number of aromatic nitrogens is 2. The quantitative estimate of drug-likeness (QED) is 0.650. The summed E-state index contributed by atoms with van der Waals surface area (Å²) in [6.07, 6.45) is 3.89. The molecule has 1 aromatic heterocycles. The molecule has 0 saturated carbocycles. The highest BCUT2D eigenvalue weighted by Crippen LogP contribution is 2.07. The highest BCUT2D eigenvalue weighted by Gasteiger charge is 2.24. The summed E-state index contributed by atoms with van der Waals surface area (Å²) in [7, 11) is 1.80. The molecular weight excluding hydrogens is 292 g/mol. The lowest BCUT2D eigenvalue weighted by molar-refractivity contribution is -0.135. The number of hydrogen-bond donors (Lipinski definition) is 1. The van der Waals surface area contributed by atoms with Crippen LogP contribution in [0.1, 0.15) is 19.4 Å². The van der Waals surface area contributed by atoms with E-state index in [4.69, 9.17) is 0 Å². The average molecular weight is 320 g/mol. The second-order valence-corrected chi connectivity index (χ2v) is 6.22. The maximum Gasteiger partial charge on any atom is 0.225 e. The molecule has 0 aromatic carbocycles. The number of guanidine groups is 1. The molecule has 2 heterocycles. The molecule has 0 spiro atoms. The third kappa shape index (κ3) is 4.71. The molecule has 1 amide bonds. The third-order valence-electron chi connectivity index (χ3n) is 3.98. The van der Waals surface area contributed by atoms with Crippen molar-refractivity contribution in [1.82, 2.24) is 24.9 Å². The van der Waals surface area contributed by atoms with Crippen molar-refractivity contribution in [3.63, 3.8) is 0 Å². The Balaban J connectivity index is 1.77. The summed E-state index contributed by atoms with van der Waals surface area (Å²) in [5.41, 5.74) is 1.17. The van der Waals surface area contributed by atoms with Crippen molar-refractivity contribution in [3.05, 3.63) is 18.0 Å². The van der Waals surface area contributed by atoms with Crippen LogP contribution in [-0.4, -0.2) is 71.2 Å². The standard InChI is InChI=1S/C16H28N6O/c1-13(2)15(23)20-7-9-21(10-8-20)16(17-4)18-5-6-22-12-14(3)11-19-22/h11-13H,5-10H2,1-4H3,(H,17,18). The first kappa shape index (κ1) is 17.3. The summed E-state index contributed by atoms with van der Waals surface area (Å²) in [5.74, 6) is 1.20. The van der Waals surface area contributed by atoms with Gasteiger partial charge in [0, 0.05) is 51.9 Å². The summed E-state index contributed by atoms with van der Waals surface area (Å²) in [4.78, 5) is 20.5. The molecule has 1 aliphatic heterocycles. The molecule has 1 N–H and O–H groups in total. The first-order chi connectivity index (χ1) is 11.0. The maximum atomic E-state index is 12.0. The zero-order valence-corrected chi connectivity index (χ0v) is 14.6. The zero-order chi connectivity index (χ0) is 16.8. The fraction of sp³-hybridized carbons (Fsp3) is 0.688. The van der Waals surface area contributed by atoms with Crippen molar-refractivity contribution in [2.24, 2.45) is 10.9 Å². The molecule has 0 aliphatic carbocycles. The summed E-state index contributed by atoms with van der Waals surface area (Å²) in [6.45, 7) is 10.7. The molecule has 0 atom stereocenters. The first-order valence-electron chi connectivity index (χ1n) is 8.24. The minimum atomic E-state index is 0.0662. The minimum Gasteiger partial charge on any atom is -0.354 e. The fourth-order valence-electron chi connectivity index (χ4n) is 2.71. The van der Waals surface area contributed by atoms with Crippen LogP contribution < -0.4 is 5.32 Å². The van der Waals surface area contributed by atoms with E-state index in [1.54, 1.807) is 7.05 Å². The molecule has 0 bridgehead atoms. The van der Waals surface area contributed by atoms with Gasteiger partial charge in [0.2, 0.25) is 5.91 Å². The smallest absolute Gasteiger partial charge is 0.225 e. The molecule has 1 fully saturated rings. The summed E-state index contributed by atoms with van der Waals surface area (Å²) in [6, 6.07) is 0. The molecular formula is C16H28N6O. The van der Waals surface area contributed by atoms with Crippen molar-refractivity contribution < 1.29 is 4.79 Å². The van der Waals surface area contributed by atoms with Gasteiger partial charge in [-0.05, 0) is 12.5 Å². The van der Waals surface area contributed by atoms with Gasteiger partial charge < -0.3 is 15.1 Å². The van der Waals surface area contributed by atoms with Gasteiger partial charge in [0.1, 0.15) is 0 Å². The number of rotatable bonds is 4. The largest absolute Gasteiger partial charge is 0.354 e. The topological polar surface area (TPSA) is 65.8 Å². The number of nitrogens with one attached hydrogen (secondary N) is 1. The zero-order valence-electron chi connectivity index (χ0n) is 14.6. The summed E-state index contributed by atoms with van der Waals surface area (Å²) < 4.78 is 1.93. The van der Waals surface area contributed by atoms with E-state index in [0.29, 0.717) is 0 Å². The normalized spacial score (nSPS) is 16.1. The van der Waals surface area contributed by atoms with Crippen LogP contribution in [0, 0.1) is 12.8 Å². The highest BCUT2D eigenvalue weighted by molar-refractivity contribution is 5.81. The predicted octanol–water partition coefficient (Wildman–Crippen LogP) is 0.567. The first-order valence-corrected chi connectivity index (χ1v) is 8.24. The Morgan fingerprint density at radius 2 is 1.96 bits per heavy atom. The lowest BCUT2D eigenvalue weighted by Gasteiger charge is -2.37. The van der Waals surface area contributed by atoms with Crippen LogP contribution in [-0.2, 0) is 11.3 Å². The molecule has 2 rings (SSSR count). The second kappa shape index (κ2) is 7.99. The van der Waals surface area contributed by atoms with E-state index < -0.39 is 0 Å². The number of carbonyl (C=O) groups excluding carboxylic acids is 1.